The summed E-state index contributed by atoms with van der Waals surface area (Å²) in [5, 5.41) is 12.0. The van der Waals surface area contributed by atoms with Crippen molar-refractivity contribution in [3.8, 4) is 0 Å². The summed E-state index contributed by atoms with van der Waals surface area (Å²) in [6.07, 6.45) is -5.47. The number of hydrazine groups is 1. The highest BCUT2D eigenvalue weighted by Gasteiger charge is 2.43. The molecule has 1 aromatic carbocycles. The van der Waals surface area contributed by atoms with Gasteiger partial charge in [-0.25, -0.2) is 4.79 Å². The van der Waals surface area contributed by atoms with Gasteiger partial charge in [-0.3, -0.25) is 19.4 Å². The molecule has 0 aliphatic carbocycles. The Morgan fingerprint density at radius 3 is 2.47 bits per heavy atom. The van der Waals surface area contributed by atoms with E-state index in [0.29, 0.717) is 11.1 Å². The lowest BCUT2D eigenvalue weighted by atomic mass is 10.0. The minimum Gasteiger partial charge on any atom is -0.464 e. The van der Waals surface area contributed by atoms with E-state index >= 15 is 0 Å². The third-order valence-electron chi connectivity index (χ3n) is 5.31. The number of pyridine rings is 1. The molecule has 36 heavy (non-hydrogen) atoms. The second-order valence-corrected chi connectivity index (χ2v) is 8.63. The van der Waals surface area contributed by atoms with Crippen molar-refractivity contribution in [3.05, 3.63) is 40.5 Å². The first-order valence-corrected chi connectivity index (χ1v) is 11.4. The Morgan fingerprint density at radius 2 is 1.89 bits per heavy atom. The van der Waals surface area contributed by atoms with Crippen LogP contribution >= 0.6 is 15.9 Å². The van der Waals surface area contributed by atoms with Crippen LogP contribution in [0.25, 0.3) is 10.9 Å². The Labute approximate surface area is 210 Å². The average Bonchev–Trinajstić information content (AvgIpc) is 2.82. The molecule has 0 spiro atoms. The molecule has 1 aliphatic heterocycles. The van der Waals surface area contributed by atoms with Crippen molar-refractivity contribution < 1.29 is 42.3 Å². The molecule has 4 amide bonds. The predicted molar refractivity (Wildman–Crippen MR) is 121 cm³/mol. The van der Waals surface area contributed by atoms with E-state index in [-0.39, 0.29) is 37.0 Å². The van der Waals surface area contributed by atoms with Crippen LogP contribution in [0.4, 0.5) is 18.0 Å². The van der Waals surface area contributed by atoms with Crippen LogP contribution in [0.5, 0.6) is 0 Å². The van der Waals surface area contributed by atoms with Crippen molar-refractivity contribution in [3.63, 3.8) is 0 Å². The zero-order valence-electron chi connectivity index (χ0n) is 18.8. The van der Waals surface area contributed by atoms with Gasteiger partial charge in [-0.2, -0.15) is 5.01 Å². The topological polar surface area (TPSA) is 132 Å². The molecule has 1 aliphatic rings. The number of aromatic nitrogens is 1. The van der Waals surface area contributed by atoms with Crippen molar-refractivity contribution in [2.75, 3.05) is 19.6 Å². The van der Waals surface area contributed by atoms with Gasteiger partial charge in [-0.1, -0.05) is 21.1 Å². The number of hydroxylamine groups is 1. The molecule has 1 saturated heterocycles. The largest absolute Gasteiger partial charge is 0.545 e. The molecule has 0 saturated carbocycles. The summed E-state index contributed by atoms with van der Waals surface area (Å²) in [5.41, 5.74) is 1.03. The highest BCUT2D eigenvalue weighted by Crippen LogP contribution is 2.22. The maximum Gasteiger partial charge on any atom is 0.545 e. The van der Waals surface area contributed by atoms with Crippen molar-refractivity contribution in [2.45, 2.75) is 32.2 Å². The lowest BCUT2D eigenvalue weighted by Crippen LogP contribution is -2.57. The lowest BCUT2D eigenvalue weighted by molar-refractivity contribution is -0.433. The van der Waals surface area contributed by atoms with Gasteiger partial charge in [0.25, 0.3) is 5.91 Å². The highest BCUT2D eigenvalue weighted by atomic mass is 79.9. The van der Waals surface area contributed by atoms with Crippen molar-refractivity contribution in [1.29, 1.82) is 0 Å². The van der Waals surface area contributed by atoms with Gasteiger partial charge in [0.05, 0.1) is 11.1 Å². The van der Waals surface area contributed by atoms with Gasteiger partial charge in [0, 0.05) is 41.7 Å². The number of halogens is 4. The fourth-order valence-electron chi connectivity index (χ4n) is 3.58. The molecule has 0 radical (unpaired) electrons. The van der Waals surface area contributed by atoms with E-state index in [2.05, 4.69) is 31.1 Å². The van der Waals surface area contributed by atoms with E-state index in [1.54, 1.807) is 12.1 Å². The molecule has 0 unspecified atom stereocenters. The monoisotopic (exact) mass is 575 g/mol. The number of nitrogens with zero attached hydrogens (tertiary/aromatic N) is 4. The minimum atomic E-state index is -5.41. The quantitative estimate of drug-likeness (QED) is 0.423. The molecule has 2 N–H and O–H groups in total. The van der Waals surface area contributed by atoms with E-state index in [0.717, 1.165) is 21.7 Å². The van der Waals surface area contributed by atoms with Gasteiger partial charge in [0.2, 0.25) is 0 Å². The summed E-state index contributed by atoms with van der Waals surface area (Å²) >= 11 is 3.36. The summed E-state index contributed by atoms with van der Waals surface area (Å²) in [5.74, 6) is -3.57. The zero-order chi connectivity index (χ0) is 26.6. The number of carboxylic acid groups (broad SMARTS) is 1. The molecular weight excluding hydrogens is 555 g/mol. The first kappa shape index (κ1) is 27.1. The number of hydrogen-bond donors (Lipinski definition) is 2. The SMILES string of the molecule is CCN(C(=O)O)N(OC(F)(F)F)C(=O)C(=O)N1CCC(NC(=O)c2cnc3ccc(Br)cc3c2)CC1. The fourth-order valence-corrected chi connectivity index (χ4v) is 3.96. The number of benzene rings is 1. The first-order valence-electron chi connectivity index (χ1n) is 10.7. The number of amides is 4. The molecular formula is C21H21BrF3N5O6. The van der Waals surface area contributed by atoms with Crippen molar-refractivity contribution in [2.24, 2.45) is 0 Å². The Kier molecular flexibility index (Phi) is 8.35. The summed E-state index contributed by atoms with van der Waals surface area (Å²) in [7, 11) is 0. The Hall–Kier alpha value is -3.46. The Balaban J connectivity index is 1.62. The molecule has 15 heteroatoms. The number of nitrogens with one attached hydrogen (secondary N) is 1. The van der Waals surface area contributed by atoms with Gasteiger partial charge < -0.3 is 15.3 Å². The summed E-state index contributed by atoms with van der Waals surface area (Å²) in [6, 6.07) is 6.74. The van der Waals surface area contributed by atoms with Gasteiger partial charge >= 0.3 is 24.3 Å². The van der Waals surface area contributed by atoms with Gasteiger partial charge in [-0.15, -0.1) is 18.0 Å². The number of carbonyl (C=O) groups excluding carboxylic acids is 3. The first-order chi connectivity index (χ1) is 16.9. The molecule has 11 nitrogen and oxygen atoms in total. The standard InChI is InChI=1S/C21H21BrF3N5O6/c1-2-29(20(34)35)30(36-21(23,24)25)19(33)18(32)28-7-5-15(6-8-28)27-17(31)13-9-12-10-14(22)3-4-16(12)26-11-13/h3-4,9-11,15H,2,5-8H2,1H3,(H,27,31)(H,34,35). The number of rotatable bonds is 4. The van der Waals surface area contributed by atoms with Crippen LogP contribution in [0.1, 0.15) is 30.1 Å². The van der Waals surface area contributed by atoms with E-state index in [1.807, 2.05) is 12.1 Å². The van der Waals surface area contributed by atoms with Crippen molar-refractivity contribution >= 4 is 50.6 Å². The number of fused-ring (bicyclic) bond motifs is 1. The number of piperidine rings is 1. The molecule has 3 rings (SSSR count). The van der Waals surface area contributed by atoms with Crippen LogP contribution in [-0.4, -0.2) is 81.0 Å². The third kappa shape index (κ3) is 6.60. The Bertz CT molecular complexity index is 1170. The number of carbonyl (C=O) groups is 4. The third-order valence-corrected chi connectivity index (χ3v) is 5.80. The molecule has 2 aromatic rings. The summed E-state index contributed by atoms with van der Waals surface area (Å²) in [4.78, 5) is 57.6. The molecule has 194 valence electrons. The molecule has 2 heterocycles. The smallest absolute Gasteiger partial charge is 0.464 e. The second kappa shape index (κ2) is 11.1. The van der Waals surface area contributed by atoms with Crippen LogP contribution in [0.3, 0.4) is 0 Å². The molecule has 0 bridgehead atoms. The van der Waals surface area contributed by atoms with E-state index in [4.69, 9.17) is 5.11 Å². The van der Waals surface area contributed by atoms with Crippen LogP contribution in [-0.2, 0) is 14.4 Å². The van der Waals surface area contributed by atoms with Crippen LogP contribution in [0.15, 0.2) is 34.9 Å². The highest BCUT2D eigenvalue weighted by molar-refractivity contribution is 9.10. The molecule has 1 fully saturated rings. The van der Waals surface area contributed by atoms with E-state index in [9.17, 15) is 32.3 Å². The van der Waals surface area contributed by atoms with E-state index in [1.165, 1.54) is 6.20 Å². The summed E-state index contributed by atoms with van der Waals surface area (Å²) in [6.45, 7) is 0.463. The maximum atomic E-state index is 12.7. The van der Waals surface area contributed by atoms with Gasteiger partial charge in [-0.05, 0) is 44.0 Å². The van der Waals surface area contributed by atoms with Gasteiger partial charge in [0.15, 0.2) is 0 Å². The van der Waals surface area contributed by atoms with Crippen molar-refractivity contribution in [1.82, 2.24) is 25.4 Å². The predicted octanol–water partition coefficient (Wildman–Crippen LogP) is 2.91. The lowest BCUT2D eigenvalue weighted by Gasteiger charge is -2.34. The second-order valence-electron chi connectivity index (χ2n) is 7.71. The zero-order valence-corrected chi connectivity index (χ0v) is 20.4. The van der Waals surface area contributed by atoms with Crippen LogP contribution in [0.2, 0.25) is 0 Å². The fraction of sp³-hybridized carbons (Fsp3) is 0.381. The molecule has 1 aromatic heterocycles. The van der Waals surface area contributed by atoms with Crippen LogP contribution in [0, 0.1) is 0 Å². The summed E-state index contributed by atoms with van der Waals surface area (Å²) < 4.78 is 39.1. The Morgan fingerprint density at radius 1 is 1.22 bits per heavy atom. The average molecular weight is 576 g/mol. The molecule has 0 atom stereocenters. The number of likely N-dealkylation sites (tertiary alicyclic amines) is 1. The normalized spacial score (nSPS) is 14.4. The van der Waals surface area contributed by atoms with Gasteiger partial charge in [0.1, 0.15) is 0 Å². The maximum absolute atomic E-state index is 12.7. The van der Waals surface area contributed by atoms with Crippen LogP contribution < -0.4 is 5.32 Å². The number of hydrogen-bond acceptors (Lipinski definition) is 6. The number of alkyl halides is 3. The minimum absolute atomic E-state index is 0.0580. The van der Waals surface area contributed by atoms with E-state index < -0.39 is 41.9 Å².